The first-order chi connectivity index (χ1) is 12.8. The van der Waals surface area contributed by atoms with Gasteiger partial charge in [-0.3, -0.25) is 14.7 Å². The fraction of sp³-hybridized carbons (Fsp3) is 0.810. The van der Waals surface area contributed by atoms with Crippen LogP contribution in [0.5, 0.6) is 0 Å². The van der Waals surface area contributed by atoms with Gasteiger partial charge in [-0.05, 0) is 57.3 Å². The molecule has 1 aromatic rings. The Morgan fingerprint density at radius 3 is 2.27 bits per heavy atom. The fourth-order valence-electron chi connectivity index (χ4n) is 5.17. The number of hydrogen-bond donors (Lipinski definition) is 1. The molecule has 1 atom stereocenters. The molecule has 1 N–H and O–H groups in total. The van der Waals surface area contributed by atoms with Gasteiger partial charge in [0, 0.05) is 61.2 Å². The van der Waals surface area contributed by atoms with E-state index in [9.17, 15) is 5.11 Å². The SMILES string of the molecule is OCCC1CN(Cc2ccc(CN3CCCC3)s2)CCN1C1CCCC1. The van der Waals surface area contributed by atoms with Crippen LogP contribution in [0.4, 0.5) is 0 Å². The number of rotatable bonds is 7. The Labute approximate surface area is 162 Å². The molecule has 3 heterocycles. The third-order valence-corrected chi connectivity index (χ3v) is 7.60. The lowest BCUT2D eigenvalue weighted by Crippen LogP contribution is -2.55. The van der Waals surface area contributed by atoms with Crippen LogP contribution in [0.15, 0.2) is 12.1 Å². The molecule has 0 bridgehead atoms. The van der Waals surface area contributed by atoms with Gasteiger partial charge in [0.1, 0.15) is 0 Å². The molecule has 3 aliphatic rings. The molecule has 4 rings (SSSR count). The summed E-state index contributed by atoms with van der Waals surface area (Å²) in [5.74, 6) is 0. The number of aliphatic hydroxyl groups is 1. The van der Waals surface area contributed by atoms with Gasteiger partial charge in [0.25, 0.3) is 0 Å². The monoisotopic (exact) mass is 377 g/mol. The molecule has 5 heteroatoms. The Hall–Kier alpha value is -0.460. The number of aliphatic hydroxyl groups excluding tert-OH is 1. The summed E-state index contributed by atoms with van der Waals surface area (Å²) in [6.45, 7) is 8.59. The molecular weight excluding hydrogens is 342 g/mol. The van der Waals surface area contributed by atoms with Crippen molar-refractivity contribution in [3.8, 4) is 0 Å². The predicted molar refractivity (Wildman–Crippen MR) is 109 cm³/mol. The molecule has 1 aliphatic carbocycles. The quantitative estimate of drug-likeness (QED) is 0.791. The Morgan fingerprint density at radius 1 is 0.885 bits per heavy atom. The van der Waals surface area contributed by atoms with Crippen LogP contribution in [0.3, 0.4) is 0 Å². The highest BCUT2D eigenvalue weighted by molar-refractivity contribution is 7.11. The van der Waals surface area contributed by atoms with E-state index < -0.39 is 0 Å². The zero-order valence-electron chi connectivity index (χ0n) is 16.1. The third kappa shape index (κ3) is 4.68. The Balaban J connectivity index is 1.31. The van der Waals surface area contributed by atoms with Gasteiger partial charge in [0.15, 0.2) is 0 Å². The lowest BCUT2D eigenvalue weighted by atomic mass is 10.0. The normalized spacial score (nSPS) is 26.9. The van der Waals surface area contributed by atoms with Crippen molar-refractivity contribution in [1.29, 1.82) is 0 Å². The summed E-state index contributed by atoms with van der Waals surface area (Å²) in [5.41, 5.74) is 0. The van der Waals surface area contributed by atoms with Crippen molar-refractivity contribution >= 4 is 11.3 Å². The van der Waals surface area contributed by atoms with E-state index >= 15 is 0 Å². The first kappa shape index (κ1) is 18.9. The second kappa shape index (κ2) is 9.16. The molecule has 1 aromatic heterocycles. The fourth-order valence-corrected chi connectivity index (χ4v) is 6.28. The molecule has 4 nitrogen and oxygen atoms in total. The van der Waals surface area contributed by atoms with Crippen LogP contribution >= 0.6 is 11.3 Å². The van der Waals surface area contributed by atoms with Gasteiger partial charge < -0.3 is 5.11 Å². The number of hydrogen-bond acceptors (Lipinski definition) is 5. The molecule has 26 heavy (non-hydrogen) atoms. The summed E-state index contributed by atoms with van der Waals surface area (Å²) in [4.78, 5) is 11.0. The zero-order valence-corrected chi connectivity index (χ0v) is 16.9. The van der Waals surface area contributed by atoms with Crippen molar-refractivity contribution in [3.63, 3.8) is 0 Å². The van der Waals surface area contributed by atoms with E-state index in [1.807, 2.05) is 11.3 Å². The number of piperazine rings is 1. The third-order valence-electron chi connectivity index (χ3n) is 6.54. The van der Waals surface area contributed by atoms with Crippen LogP contribution in [0.1, 0.15) is 54.7 Å². The second-order valence-electron chi connectivity index (χ2n) is 8.43. The molecule has 1 saturated carbocycles. The summed E-state index contributed by atoms with van der Waals surface area (Å²) in [5, 5.41) is 9.55. The topological polar surface area (TPSA) is 30.0 Å². The molecule has 0 radical (unpaired) electrons. The van der Waals surface area contributed by atoms with Crippen molar-refractivity contribution < 1.29 is 5.11 Å². The molecule has 0 aromatic carbocycles. The van der Waals surface area contributed by atoms with Crippen LogP contribution in [0.2, 0.25) is 0 Å². The minimum absolute atomic E-state index is 0.320. The summed E-state index contributed by atoms with van der Waals surface area (Å²) in [7, 11) is 0. The van der Waals surface area contributed by atoms with Gasteiger partial charge in [-0.25, -0.2) is 0 Å². The largest absolute Gasteiger partial charge is 0.396 e. The standard InChI is InChI=1S/C21H35N3OS/c25-14-9-19-15-23(12-13-24(19)18-5-1-2-6-18)17-21-8-7-20(26-21)16-22-10-3-4-11-22/h7-8,18-19,25H,1-6,9-17H2. The molecule has 2 aliphatic heterocycles. The lowest BCUT2D eigenvalue weighted by molar-refractivity contribution is 0.0271. The van der Waals surface area contributed by atoms with Gasteiger partial charge in [-0.15, -0.1) is 11.3 Å². The summed E-state index contributed by atoms with van der Waals surface area (Å²) >= 11 is 2.01. The van der Waals surface area contributed by atoms with Crippen molar-refractivity contribution in [2.75, 3.05) is 39.3 Å². The average molecular weight is 378 g/mol. The van der Waals surface area contributed by atoms with Crippen molar-refractivity contribution in [1.82, 2.24) is 14.7 Å². The van der Waals surface area contributed by atoms with Crippen molar-refractivity contribution in [2.45, 2.75) is 70.1 Å². The first-order valence-electron chi connectivity index (χ1n) is 10.7. The first-order valence-corrected chi connectivity index (χ1v) is 11.5. The van der Waals surface area contributed by atoms with E-state index in [0.717, 1.165) is 32.1 Å². The molecule has 1 unspecified atom stereocenters. The zero-order chi connectivity index (χ0) is 17.8. The maximum absolute atomic E-state index is 9.55. The average Bonchev–Trinajstić information content (AvgIpc) is 3.39. The number of likely N-dealkylation sites (tertiary alicyclic amines) is 1. The highest BCUT2D eigenvalue weighted by Crippen LogP contribution is 2.29. The Bertz CT molecular complexity index is 551. The maximum Gasteiger partial charge on any atom is 0.0446 e. The minimum atomic E-state index is 0.320. The van der Waals surface area contributed by atoms with E-state index in [-0.39, 0.29) is 0 Å². The molecular formula is C21H35N3OS. The second-order valence-corrected chi connectivity index (χ2v) is 9.68. The van der Waals surface area contributed by atoms with Crippen LogP contribution < -0.4 is 0 Å². The Kier molecular flexibility index (Phi) is 6.65. The van der Waals surface area contributed by atoms with Gasteiger partial charge in [-0.2, -0.15) is 0 Å². The van der Waals surface area contributed by atoms with E-state index in [1.54, 1.807) is 0 Å². The molecule has 146 valence electrons. The van der Waals surface area contributed by atoms with E-state index in [0.29, 0.717) is 12.6 Å². The van der Waals surface area contributed by atoms with Gasteiger partial charge in [-0.1, -0.05) is 12.8 Å². The highest BCUT2D eigenvalue weighted by atomic mass is 32.1. The van der Waals surface area contributed by atoms with Crippen molar-refractivity contribution in [3.05, 3.63) is 21.9 Å². The molecule has 0 spiro atoms. The van der Waals surface area contributed by atoms with E-state index in [4.69, 9.17) is 0 Å². The summed E-state index contributed by atoms with van der Waals surface area (Å²) in [6.07, 6.45) is 9.19. The van der Waals surface area contributed by atoms with Crippen molar-refractivity contribution in [2.24, 2.45) is 0 Å². The van der Waals surface area contributed by atoms with Gasteiger partial charge in [0.05, 0.1) is 0 Å². The number of nitrogens with zero attached hydrogens (tertiary/aromatic N) is 3. The summed E-state index contributed by atoms with van der Waals surface area (Å²) < 4.78 is 0. The number of thiophene rings is 1. The minimum Gasteiger partial charge on any atom is -0.396 e. The molecule has 2 saturated heterocycles. The van der Waals surface area contributed by atoms with Crippen LogP contribution in [0, 0.1) is 0 Å². The highest BCUT2D eigenvalue weighted by Gasteiger charge is 2.33. The Morgan fingerprint density at radius 2 is 1.58 bits per heavy atom. The molecule has 0 amide bonds. The predicted octanol–water partition coefficient (Wildman–Crippen LogP) is 3.16. The smallest absolute Gasteiger partial charge is 0.0446 e. The summed E-state index contributed by atoms with van der Waals surface area (Å²) in [6, 6.07) is 6.02. The maximum atomic E-state index is 9.55. The molecule has 3 fully saturated rings. The van der Waals surface area contributed by atoms with Gasteiger partial charge in [0.2, 0.25) is 0 Å². The van der Waals surface area contributed by atoms with Crippen LogP contribution in [0.25, 0.3) is 0 Å². The van der Waals surface area contributed by atoms with Crippen LogP contribution in [-0.2, 0) is 13.1 Å². The lowest BCUT2D eigenvalue weighted by Gasteiger charge is -2.44. The van der Waals surface area contributed by atoms with Gasteiger partial charge >= 0.3 is 0 Å². The van der Waals surface area contributed by atoms with Crippen LogP contribution in [-0.4, -0.2) is 71.2 Å². The van der Waals surface area contributed by atoms with E-state index in [2.05, 4.69) is 26.8 Å². The van der Waals surface area contributed by atoms with E-state index in [1.165, 1.54) is 74.5 Å².